The van der Waals surface area contributed by atoms with Gasteiger partial charge in [-0.05, 0) is 42.0 Å². The molecule has 3 aromatic carbocycles. The summed E-state index contributed by atoms with van der Waals surface area (Å²) < 4.78 is 0. The highest BCUT2D eigenvalue weighted by molar-refractivity contribution is 7.99. The standard InChI is InChI=1S/C25H22N4O3S/c30-23(31)16-22(17-6-2-1-3-7-17)33-21-9-5-4-8-20(21)29-24(32)18-10-12-19(13-11-18)28-25-26-14-15-27-25/h1-15,22H,16H2,(H,29,32)(H,30,31)(H2,26,27,28). The first kappa shape index (κ1) is 22.2. The van der Waals surface area contributed by atoms with Crippen molar-refractivity contribution >= 4 is 41.0 Å². The molecule has 1 aromatic heterocycles. The predicted molar refractivity (Wildman–Crippen MR) is 130 cm³/mol. The molecule has 0 aliphatic carbocycles. The zero-order valence-electron chi connectivity index (χ0n) is 17.6. The van der Waals surface area contributed by atoms with Crippen LogP contribution in [0.4, 0.5) is 17.3 Å². The van der Waals surface area contributed by atoms with Crippen molar-refractivity contribution in [3.05, 3.63) is 102 Å². The SMILES string of the molecule is O=C(O)CC(Sc1ccccc1NC(=O)c1ccc(Nc2ncc[nH]2)cc1)c1ccccc1. The summed E-state index contributed by atoms with van der Waals surface area (Å²) in [6.45, 7) is 0. The Kier molecular flexibility index (Phi) is 7.06. The molecule has 7 nitrogen and oxygen atoms in total. The smallest absolute Gasteiger partial charge is 0.304 e. The summed E-state index contributed by atoms with van der Waals surface area (Å²) in [5.74, 6) is -0.504. The van der Waals surface area contributed by atoms with Crippen LogP contribution in [-0.4, -0.2) is 27.0 Å². The van der Waals surface area contributed by atoms with Gasteiger partial charge in [0.25, 0.3) is 5.91 Å². The second kappa shape index (κ2) is 10.5. The van der Waals surface area contributed by atoms with Crippen LogP contribution in [0.15, 0.2) is 96.2 Å². The molecule has 0 saturated carbocycles. The highest BCUT2D eigenvalue weighted by Crippen LogP contribution is 2.41. The molecule has 1 unspecified atom stereocenters. The fourth-order valence-electron chi connectivity index (χ4n) is 3.25. The summed E-state index contributed by atoms with van der Waals surface area (Å²) in [6.07, 6.45) is 3.35. The van der Waals surface area contributed by atoms with Crippen molar-refractivity contribution in [1.82, 2.24) is 9.97 Å². The van der Waals surface area contributed by atoms with Gasteiger partial charge >= 0.3 is 5.97 Å². The van der Waals surface area contributed by atoms with E-state index in [4.69, 9.17) is 0 Å². The number of nitrogens with one attached hydrogen (secondary N) is 3. The van der Waals surface area contributed by atoms with Crippen LogP contribution in [-0.2, 0) is 4.79 Å². The van der Waals surface area contributed by atoms with Crippen LogP contribution in [0.1, 0.15) is 27.6 Å². The number of benzene rings is 3. The number of H-pyrrole nitrogens is 1. The number of hydrogen-bond acceptors (Lipinski definition) is 5. The molecule has 0 fully saturated rings. The Hall–Kier alpha value is -4.04. The van der Waals surface area contributed by atoms with Crippen molar-refractivity contribution in [1.29, 1.82) is 0 Å². The van der Waals surface area contributed by atoms with Gasteiger partial charge in [0.15, 0.2) is 0 Å². The Morgan fingerprint density at radius 2 is 1.70 bits per heavy atom. The van der Waals surface area contributed by atoms with Crippen molar-refractivity contribution < 1.29 is 14.7 Å². The number of aromatic nitrogens is 2. The quantitative estimate of drug-likeness (QED) is 0.239. The van der Waals surface area contributed by atoms with Crippen LogP contribution in [0.2, 0.25) is 0 Å². The van der Waals surface area contributed by atoms with Gasteiger partial charge in [-0.2, -0.15) is 0 Å². The first-order valence-corrected chi connectivity index (χ1v) is 11.2. The minimum absolute atomic E-state index is 0.0267. The van der Waals surface area contributed by atoms with Gasteiger partial charge < -0.3 is 20.7 Å². The highest BCUT2D eigenvalue weighted by Gasteiger charge is 2.19. The molecule has 1 amide bonds. The van der Waals surface area contributed by atoms with Gasteiger partial charge in [-0.25, -0.2) is 4.98 Å². The Bertz CT molecular complexity index is 1210. The second-order valence-corrected chi connectivity index (χ2v) is 8.45. The van der Waals surface area contributed by atoms with E-state index in [1.165, 1.54) is 11.8 Å². The van der Waals surface area contributed by atoms with E-state index in [1.54, 1.807) is 36.7 Å². The predicted octanol–water partition coefficient (Wildman–Crippen LogP) is 5.71. The van der Waals surface area contributed by atoms with Crippen molar-refractivity contribution in [3.8, 4) is 0 Å². The lowest BCUT2D eigenvalue weighted by molar-refractivity contribution is -0.137. The normalized spacial score (nSPS) is 11.5. The summed E-state index contributed by atoms with van der Waals surface area (Å²) in [6, 6.07) is 24.0. The Balaban J connectivity index is 1.48. The number of anilines is 3. The summed E-state index contributed by atoms with van der Waals surface area (Å²) in [4.78, 5) is 32.2. The minimum Gasteiger partial charge on any atom is -0.481 e. The van der Waals surface area contributed by atoms with Crippen LogP contribution in [0.5, 0.6) is 0 Å². The number of aliphatic carboxylic acids is 1. The summed E-state index contributed by atoms with van der Waals surface area (Å²) in [7, 11) is 0. The number of nitrogens with zero attached hydrogens (tertiary/aromatic N) is 1. The number of thioether (sulfide) groups is 1. The van der Waals surface area contributed by atoms with Crippen molar-refractivity contribution in [2.45, 2.75) is 16.6 Å². The van der Waals surface area contributed by atoms with Crippen LogP contribution in [0.3, 0.4) is 0 Å². The number of aromatic amines is 1. The molecule has 0 saturated heterocycles. The lowest BCUT2D eigenvalue weighted by atomic mass is 10.1. The molecule has 1 atom stereocenters. The number of rotatable bonds is 9. The summed E-state index contributed by atoms with van der Waals surface area (Å²) in [5.41, 5.74) is 2.86. The average molecular weight is 459 g/mol. The molecule has 0 bridgehead atoms. The zero-order chi connectivity index (χ0) is 23.0. The van der Waals surface area contributed by atoms with Crippen LogP contribution >= 0.6 is 11.8 Å². The molecule has 4 rings (SSSR count). The lowest BCUT2D eigenvalue weighted by Gasteiger charge is -2.18. The lowest BCUT2D eigenvalue weighted by Crippen LogP contribution is -2.13. The van der Waals surface area contributed by atoms with E-state index in [0.29, 0.717) is 17.2 Å². The van der Waals surface area contributed by atoms with Gasteiger partial charge in [0, 0.05) is 33.8 Å². The van der Waals surface area contributed by atoms with Crippen LogP contribution in [0.25, 0.3) is 0 Å². The number of imidazole rings is 1. The van der Waals surface area contributed by atoms with Gasteiger partial charge in [0.1, 0.15) is 0 Å². The maximum Gasteiger partial charge on any atom is 0.304 e. The summed E-state index contributed by atoms with van der Waals surface area (Å²) >= 11 is 1.42. The number of carboxylic acids is 1. The molecule has 8 heteroatoms. The minimum atomic E-state index is -0.874. The van der Waals surface area contributed by atoms with Gasteiger partial charge in [0.05, 0.1) is 12.1 Å². The maximum atomic E-state index is 12.9. The van der Waals surface area contributed by atoms with Gasteiger partial charge in [-0.15, -0.1) is 11.8 Å². The van der Waals surface area contributed by atoms with E-state index in [9.17, 15) is 14.7 Å². The van der Waals surface area contributed by atoms with Crippen molar-refractivity contribution in [3.63, 3.8) is 0 Å². The van der Waals surface area contributed by atoms with Crippen molar-refractivity contribution in [2.75, 3.05) is 10.6 Å². The van der Waals surface area contributed by atoms with E-state index >= 15 is 0 Å². The highest BCUT2D eigenvalue weighted by atomic mass is 32.2. The molecule has 4 aromatic rings. The van der Waals surface area contributed by atoms with E-state index in [-0.39, 0.29) is 17.6 Å². The molecule has 166 valence electrons. The third-order valence-corrected chi connectivity index (χ3v) is 6.18. The Morgan fingerprint density at radius 3 is 2.39 bits per heavy atom. The monoisotopic (exact) mass is 458 g/mol. The maximum absolute atomic E-state index is 12.9. The second-order valence-electron chi connectivity index (χ2n) is 7.21. The molecule has 0 aliphatic heterocycles. The Labute approximate surface area is 195 Å². The number of carboxylic acid groups (broad SMARTS) is 1. The third kappa shape index (κ3) is 6.02. The molecule has 33 heavy (non-hydrogen) atoms. The summed E-state index contributed by atoms with van der Waals surface area (Å²) in [5, 5.41) is 15.2. The molecule has 0 spiro atoms. The first-order chi connectivity index (χ1) is 16.1. The third-order valence-electron chi connectivity index (χ3n) is 4.84. The van der Waals surface area contributed by atoms with Crippen LogP contribution in [0, 0.1) is 0 Å². The molecular weight excluding hydrogens is 436 g/mol. The number of carbonyl (C=O) groups is 2. The number of carbonyl (C=O) groups excluding carboxylic acids is 1. The van der Waals surface area contributed by atoms with E-state index in [1.807, 2.05) is 54.6 Å². The topological polar surface area (TPSA) is 107 Å². The number of amides is 1. The molecule has 0 radical (unpaired) electrons. The van der Waals surface area contributed by atoms with E-state index in [2.05, 4.69) is 20.6 Å². The fourth-order valence-corrected chi connectivity index (χ4v) is 4.48. The number of hydrogen-bond donors (Lipinski definition) is 4. The Morgan fingerprint density at radius 1 is 0.970 bits per heavy atom. The van der Waals surface area contributed by atoms with Gasteiger partial charge in [-0.1, -0.05) is 42.5 Å². The van der Waals surface area contributed by atoms with Crippen LogP contribution < -0.4 is 10.6 Å². The molecule has 4 N–H and O–H groups in total. The van der Waals surface area contributed by atoms with Gasteiger partial charge in [0.2, 0.25) is 5.95 Å². The van der Waals surface area contributed by atoms with Crippen molar-refractivity contribution in [2.24, 2.45) is 0 Å². The molecular formula is C25H22N4O3S. The first-order valence-electron chi connectivity index (χ1n) is 10.3. The molecule has 0 aliphatic rings. The van der Waals surface area contributed by atoms with E-state index in [0.717, 1.165) is 16.1 Å². The largest absolute Gasteiger partial charge is 0.481 e. The van der Waals surface area contributed by atoms with E-state index < -0.39 is 5.97 Å². The number of para-hydroxylation sites is 1. The fraction of sp³-hybridized carbons (Fsp3) is 0.0800. The molecule has 1 heterocycles. The average Bonchev–Trinajstić information content (AvgIpc) is 3.34. The zero-order valence-corrected chi connectivity index (χ0v) is 18.4. The van der Waals surface area contributed by atoms with Gasteiger partial charge in [-0.3, -0.25) is 9.59 Å².